The van der Waals surface area contributed by atoms with E-state index >= 15 is 0 Å². The third-order valence-electron chi connectivity index (χ3n) is 3.85. The number of piperazine rings is 1. The van der Waals surface area contributed by atoms with Crippen LogP contribution in [0, 0.1) is 5.92 Å². The molecule has 0 aliphatic carbocycles. The Hall–Kier alpha value is -0.900. The normalized spacial score (nSPS) is 22.7. The maximum absolute atomic E-state index is 6.39. The quantitative estimate of drug-likeness (QED) is 0.868. The summed E-state index contributed by atoms with van der Waals surface area (Å²) in [5, 5.41) is 3.53. The summed E-state index contributed by atoms with van der Waals surface area (Å²) in [6, 6.07) is 9.27. The van der Waals surface area contributed by atoms with E-state index < -0.39 is 0 Å². The fourth-order valence-electron chi connectivity index (χ4n) is 2.75. The van der Waals surface area contributed by atoms with E-state index in [9.17, 15) is 0 Å². The van der Waals surface area contributed by atoms with Crippen LogP contribution in [0.1, 0.15) is 31.0 Å². The molecule has 1 saturated heterocycles. The lowest BCUT2D eigenvalue weighted by atomic mass is 9.95. The summed E-state index contributed by atoms with van der Waals surface area (Å²) in [5.74, 6) is 0.702. The third kappa shape index (κ3) is 4.03. The summed E-state index contributed by atoms with van der Waals surface area (Å²) < 4.78 is 0. The average Bonchev–Trinajstić information content (AvgIpc) is 2.38. The molecular formula is C16H27N3. The highest BCUT2D eigenvalue weighted by molar-refractivity contribution is 5.26. The first kappa shape index (κ1) is 14.5. The van der Waals surface area contributed by atoms with Crippen LogP contribution in [0.4, 0.5) is 0 Å². The minimum Gasteiger partial charge on any atom is -0.323 e. The van der Waals surface area contributed by atoms with Crippen molar-refractivity contribution in [2.24, 2.45) is 11.7 Å². The molecule has 1 fully saturated rings. The molecule has 2 rings (SSSR count). The first-order valence-electron chi connectivity index (χ1n) is 7.32. The second kappa shape index (κ2) is 6.51. The van der Waals surface area contributed by atoms with E-state index in [0.29, 0.717) is 12.0 Å². The first-order valence-corrected chi connectivity index (χ1v) is 7.32. The SMILES string of the molecule is CC(C)Cc1ccc(C(N)C2CN(C)CCN2)cc1. The minimum atomic E-state index is 0.0795. The number of hydrogen-bond donors (Lipinski definition) is 2. The fraction of sp³-hybridized carbons (Fsp3) is 0.625. The predicted molar refractivity (Wildman–Crippen MR) is 81.2 cm³/mol. The van der Waals surface area contributed by atoms with Gasteiger partial charge in [-0.05, 0) is 30.5 Å². The molecule has 0 bridgehead atoms. The third-order valence-corrected chi connectivity index (χ3v) is 3.85. The van der Waals surface area contributed by atoms with Crippen LogP contribution in [0.3, 0.4) is 0 Å². The standard InChI is InChI=1S/C16H27N3/c1-12(2)10-13-4-6-14(7-5-13)16(17)15-11-19(3)9-8-18-15/h4-7,12,15-16,18H,8-11,17H2,1-3H3. The summed E-state index contributed by atoms with van der Waals surface area (Å²) in [4.78, 5) is 2.34. The second-order valence-corrected chi connectivity index (χ2v) is 6.19. The van der Waals surface area contributed by atoms with Crippen LogP contribution >= 0.6 is 0 Å². The highest BCUT2D eigenvalue weighted by atomic mass is 15.2. The van der Waals surface area contributed by atoms with Crippen LogP contribution in [0.5, 0.6) is 0 Å². The van der Waals surface area contributed by atoms with Gasteiger partial charge in [0.05, 0.1) is 0 Å². The molecule has 0 spiro atoms. The van der Waals surface area contributed by atoms with E-state index in [-0.39, 0.29) is 6.04 Å². The van der Waals surface area contributed by atoms with Gasteiger partial charge in [0.1, 0.15) is 0 Å². The molecule has 3 N–H and O–H groups in total. The van der Waals surface area contributed by atoms with Crippen LogP contribution in [0.15, 0.2) is 24.3 Å². The molecule has 1 heterocycles. The molecule has 106 valence electrons. The summed E-state index contributed by atoms with van der Waals surface area (Å²) in [6.45, 7) is 7.66. The highest BCUT2D eigenvalue weighted by Gasteiger charge is 2.23. The van der Waals surface area contributed by atoms with Gasteiger partial charge in [-0.25, -0.2) is 0 Å². The number of nitrogens with two attached hydrogens (primary N) is 1. The monoisotopic (exact) mass is 261 g/mol. The van der Waals surface area contributed by atoms with Crippen molar-refractivity contribution >= 4 is 0 Å². The molecule has 1 aromatic carbocycles. The van der Waals surface area contributed by atoms with Crippen LogP contribution in [-0.2, 0) is 6.42 Å². The maximum Gasteiger partial charge on any atom is 0.0463 e. The molecule has 2 atom stereocenters. The Morgan fingerprint density at radius 3 is 2.58 bits per heavy atom. The maximum atomic E-state index is 6.39. The van der Waals surface area contributed by atoms with E-state index in [1.165, 1.54) is 11.1 Å². The second-order valence-electron chi connectivity index (χ2n) is 6.19. The lowest BCUT2D eigenvalue weighted by Gasteiger charge is -2.34. The van der Waals surface area contributed by atoms with E-state index in [2.05, 4.69) is 55.4 Å². The van der Waals surface area contributed by atoms with Gasteiger partial charge in [-0.15, -0.1) is 0 Å². The summed E-state index contributed by atoms with van der Waals surface area (Å²) in [6.07, 6.45) is 1.14. The Balaban J connectivity index is 2.00. The highest BCUT2D eigenvalue weighted by Crippen LogP contribution is 2.18. The Bertz CT molecular complexity index is 385. The molecule has 19 heavy (non-hydrogen) atoms. The van der Waals surface area contributed by atoms with Gasteiger partial charge in [0.25, 0.3) is 0 Å². The van der Waals surface area contributed by atoms with Gasteiger partial charge in [-0.1, -0.05) is 38.1 Å². The van der Waals surface area contributed by atoms with Crippen molar-refractivity contribution in [1.29, 1.82) is 0 Å². The number of benzene rings is 1. The van der Waals surface area contributed by atoms with Crippen molar-refractivity contribution in [3.63, 3.8) is 0 Å². The Kier molecular flexibility index (Phi) is 4.97. The zero-order valence-electron chi connectivity index (χ0n) is 12.4. The van der Waals surface area contributed by atoms with Gasteiger partial charge in [0, 0.05) is 31.7 Å². The summed E-state index contributed by atoms with van der Waals surface area (Å²) >= 11 is 0. The van der Waals surface area contributed by atoms with Gasteiger partial charge in [-0.2, -0.15) is 0 Å². The van der Waals surface area contributed by atoms with Gasteiger partial charge in [0.15, 0.2) is 0 Å². The molecule has 0 aromatic heterocycles. The Morgan fingerprint density at radius 1 is 1.32 bits per heavy atom. The first-order chi connectivity index (χ1) is 9.06. The van der Waals surface area contributed by atoms with Crippen molar-refractivity contribution in [2.75, 3.05) is 26.7 Å². The Labute approximate surface area is 117 Å². The van der Waals surface area contributed by atoms with Gasteiger partial charge < -0.3 is 16.0 Å². The number of nitrogens with one attached hydrogen (secondary N) is 1. The summed E-state index contributed by atoms with van der Waals surface area (Å²) in [5.41, 5.74) is 9.03. The van der Waals surface area contributed by atoms with Crippen molar-refractivity contribution in [1.82, 2.24) is 10.2 Å². The Morgan fingerprint density at radius 2 is 2.00 bits per heavy atom. The van der Waals surface area contributed by atoms with Crippen LogP contribution < -0.4 is 11.1 Å². The van der Waals surface area contributed by atoms with E-state index in [1.807, 2.05) is 0 Å². The molecular weight excluding hydrogens is 234 g/mol. The van der Waals surface area contributed by atoms with Crippen LogP contribution in [0.25, 0.3) is 0 Å². The number of rotatable bonds is 4. The van der Waals surface area contributed by atoms with E-state index in [1.54, 1.807) is 0 Å². The number of likely N-dealkylation sites (N-methyl/N-ethyl adjacent to an activating group) is 1. The van der Waals surface area contributed by atoms with Crippen molar-refractivity contribution < 1.29 is 0 Å². The minimum absolute atomic E-state index is 0.0795. The fourth-order valence-corrected chi connectivity index (χ4v) is 2.75. The molecule has 0 radical (unpaired) electrons. The largest absolute Gasteiger partial charge is 0.323 e. The lowest BCUT2D eigenvalue weighted by molar-refractivity contribution is 0.220. The number of hydrogen-bond acceptors (Lipinski definition) is 3. The molecule has 0 saturated carbocycles. The van der Waals surface area contributed by atoms with Gasteiger partial charge in [-0.3, -0.25) is 0 Å². The van der Waals surface area contributed by atoms with Crippen LogP contribution in [-0.4, -0.2) is 37.6 Å². The zero-order chi connectivity index (χ0) is 13.8. The zero-order valence-corrected chi connectivity index (χ0v) is 12.4. The topological polar surface area (TPSA) is 41.3 Å². The smallest absolute Gasteiger partial charge is 0.0463 e. The molecule has 1 aliphatic heterocycles. The lowest BCUT2D eigenvalue weighted by Crippen LogP contribution is -2.53. The van der Waals surface area contributed by atoms with Crippen LogP contribution in [0.2, 0.25) is 0 Å². The number of nitrogens with zero attached hydrogens (tertiary/aromatic N) is 1. The van der Waals surface area contributed by atoms with Crippen molar-refractivity contribution in [3.8, 4) is 0 Å². The van der Waals surface area contributed by atoms with E-state index in [0.717, 1.165) is 26.1 Å². The molecule has 0 amide bonds. The summed E-state index contributed by atoms with van der Waals surface area (Å²) in [7, 11) is 2.16. The van der Waals surface area contributed by atoms with Crippen molar-refractivity contribution in [3.05, 3.63) is 35.4 Å². The predicted octanol–water partition coefficient (Wildman–Crippen LogP) is 1.79. The molecule has 1 aromatic rings. The van der Waals surface area contributed by atoms with Gasteiger partial charge >= 0.3 is 0 Å². The average molecular weight is 261 g/mol. The van der Waals surface area contributed by atoms with E-state index in [4.69, 9.17) is 5.73 Å². The van der Waals surface area contributed by atoms with Gasteiger partial charge in [0.2, 0.25) is 0 Å². The molecule has 3 heteroatoms. The van der Waals surface area contributed by atoms with Crippen molar-refractivity contribution in [2.45, 2.75) is 32.4 Å². The molecule has 3 nitrogen and oxygen atoms in total. The molecule has 1 aliphatic rings. The molecule has 2 unspecified atom stereocenters.